The van der Waals surface area contributed by atoms with Gasteiger partial charge in [0.25, 0.3) is 0 Å². The Labute approximate surface area is 96.6 Å². The van der Waals surface area contributed by atoms with Gasteiger partial charge < -0.3 is 5.11 Å². The topological polar surface area (TPSA) is 83.5 Å². The first-order chi connectivity index (χ1) is 7.28. The second kappa shape index (κ2) is 6.65. The Morgan fingerprint density at radius 1 is 1.50 bits per heavy atom. The van der Waals surface area contributed by atoms with Gasteiger partial charge in [-0.15, -0.1) is 6.58 Å². The number of carboxylic acids is 1. The first kappa shape index (κ1) is 15.1. The molecule has 0 rings (SSSR count). The van der Waals surface area contributed by atoms with Crippen LogP contribution in [0.15, 0.2) is 12.7 Å². The molecule has 0 aliphatic carbocycles. The largest absolute Gasteiger partial charge is 0.480 e. The summed E-state index contributed by atoms with van der Waals surface area (Å²) in [5.74, 6) is -1.16. The van der Waals surface area contributed by atoms with Crippen LogP contribution in [0.1, 0.15) is 26.7 Å². The van der Waals surface area contributed by atoms with E-state index in [2.05, 4.69) is 11.3 Å². The van der Waals surface area contributed by atoms with Gasteiger partial charge in [0.2, 0.25) is 10.0 Å². The van der Waals surface area contributed by atoms with Crippen LogP contribution in [0.5, 0.6) is 0 Å². The third-order valence-electron chi connectivity index (χ3n) is 1.92. The van der Waals surface area contributed by atoms with E-state index in [4.69, 9.17) is 5.11 Å². The number of allylic oxidation sites excluding steroid dienone is 1. The molecule has 0 unspecified atom stereocenters. The highest BCUT2D eigenvalue weighted by atomic mass is 32.2. The van der Waals surface area contributed by atoms with Gasteiger partial charge in [0.05, 0.1) is 5.75 Å². The van der Waals surface area contributed by atoms with Crippen molar-refractivity contribution in [3.63, 3.8) is 0 Å². The molecule has 16 heavy (non-hydrogen) atoms. The van der Waals surface area contributed by atoms with Gasteiger partial charge in [0.15, 0.2) is 0 Å². The quantitative estimate of drug-likeness (QED) is 0.628. The number of rotatable bonds is 8. The Morgan fingerprint density at radius 2 is 2.06 bits per heavy atom. The summed E-state index contributed by atoms with van der Waals surface area (Å²) >= 11 is 0. The average molecular weight is 249 g/mol. The summed E-state index contributed by atoms with van der Waals surface area (Å²) in [5.41, 5.74) is 0. The fraction of sp³-hybridized carbons (Fsp3) is 0.700. The molecular formula is C10H19NO4S. The number of carbonyl (C=O) groups is 1. The maximum atomic E-state index is 11.5. The average Bonchev–Trinajstić information content (AvgIpc) is 2.12. The second-order valence-electron chi connectivity index (χ2n) is 4.03. The van der Waals surface area contributed by atoms with Crippen molar-refractivity contribution < 1.29 is 18.3 Å². The molecule has 0 spiro atoms. The second-order valence-corrected chi connectivity index (χ2v) is 5.91. The predicted molar refractivity (Wildman–Crippen MR) is 62.6 cm³/mol. The lowest BCUT2D eigenvalue weighted by Crippen LogP contribution is -2.42. The van der Waals surface area contributed by atoms with Crippen LogP contribution in [-0.4, -0.2) is 31.3 Å². The fourth-order valence-corrected chi connectivity index (χ4v) is 2.41. The maximum Gasteiger partial charge on any atom is 0.321 e. The highest BCUT2D eigenvalue weighted by Crippen LogP contribution is 2.06. The molecule has 2 N–H and O–H groups in total. The predicted octanol–water partition coefficient (Wildman–Crippen LogP) is 0.981. The highest BCUT2D eigenvalue weighted by molar-refractivity contribution is 7.89. The molecule has 0 heterocycles. The zero-order valence-corrected chi connectivity index (χ0v) is 10.5. The van der Waals surface area contributed by atoms with E-state index in [-0.39, 0.29) is 18.1 Å². The van der Waals surface area contributed by atoms with Crippen molar-refractivity contribution in [2.75, 3.05) is 5.75 Å². The van der Waals surface area contributed by atoms with Gasteiger partial charge in [-0.05, 0) is 18.8 Å². The molecule has 0 amide bonds. The lowest BCUT2D eigenvalue weighted by Gasteiger charge is -2.16. The molecule has 5 nitrogen and oxygen atoms in total. The molecule has 0 bridgehead atoms. The van der Waals surface area contributed by atoms with Crippen molar-refractivity contribution in [2.24, 2.45) is 5.92 Å². The Bertz CT molecular complexity index is 335. The zero-order valence-electron chi connectivity index (χ0n) is 9.64. The molecule has 0 saturated carbocycles. The molecule has 0 fully saturated rings. The van der Waals surface area contributed by atoms with Crippen LogP contribution in [0, 0.1) is 5.92 Å². The molecular weight excluding hydrogens is 230 g/mol. The minimum atomic E-state index is -3.54. The number of aliphatic carboxylic acids is 1. The van der Waals surface area contributed by atoms with Crippen molar-refractivity contribution in [1.82, 2.24) is 4.72 Å². The zero-order chi connectivity index (χ0) is 12.8. The van der Waals surface area contributed by atoms with E-state index in [0.29, 0.717) is 6.42 Å². The van der Waals surface area contributed by atoms with Crippen molar-refractivity contribution in [3.05, 3.63) is 12.7 Å². The summed E-state index contributed by atoms with van der Waals surface area (Å²) in [7, 11) is -3.54. The number of hydrogen-bond donors (Lipinski definition) is 2. The van der Waals surface area contributed by atoms with E-state index in [0.717, 1.165) is 0 Å². The Kier molecular flexibility index (Phi) is 6.28. The first-order valence-corrected chi connectivity index (χ1v) is 6.77. The number of hydrogen-bond acceptors (Lipinski definition) is 3. The minimum absolute atomic E-state index is 0.114. The van der Waals surface area contributed by atoms with Crippen LogP contribution in [0.4, 0.5) is 0 Å². The summed E-state index contributed by atoms with van der Waals surface area (Å²) in [6, 6.07) is -1.05. The van der Waals surface area contributed by atoms with Gasteiger partial charge in [-0.25, -0.2) is 13.1 Å². The van der Waals surface area contributed by atoms with Gasteiger partial charge in [0, 0.05) is 0 Å². The Balaban J connectivity index is 4.49. The summed E-state index contributed by atoms with van der Waals surface area (Å²) in [5, 5.41) is 8.86. The Morgan fingerprint density at radius 3 is 2.44 bits per heavy atom. The normalized spacial score (nSPS) is 13.7. The van der Waals surface area contributed by atoms with Crippen LogP contribution in [0.3, 0.4) is 0 Å². The lowest BCUT2D eigenvalue weighted by atomic mass is 10.1. The number of carboxylic acid groups (broad SMARTS) is 1. The fourth-order valence-electron chi connectivity index (χ4n) is 1.18. The van der Waals surface area contributed by atoms with Crippen molar-refractivity contribution >= 4 is 16.0 Å². The number of nitrogens with one attached hydrogen (secondary N) is 1. The summed E-state index contributed by atoms with van der Waals surface area (Å²) in [6.07, 6.45) is 2.07. The molecule has 0 aromatic carbocycles. The molecule has 0 radical (unpaired) electrons. The van der Waals surface area contributed by atoms with E-state index in [1.807, 2.05) is 13.8 Å². The first-order valence-electron chi connectivity index (χ1n) is 5.12. The maximum absolute atomic E-state index is 11.5. The summed E-state index contributed by atoms with van der Waals surface area (Å²) < 4.78 is 25.1. The molecule has 0 aromatic rings. The molecule has 0 saturated heterocycles. The van der Waals surface area contributed by atoms with Crippen LogP contribution >= 0.6 is 0 Å². The molecule has 94 valence electrons. The van der Waals surface area contributed by atoms with E-state index >= 15 is 0 Å². The minimum Gasteiger partial charge on any atom is -0.480 e. The summed E-state index contributed by atoms with van der Waals surface area (Å²) in [6.45, 7) is 7.10. The van der Waals surface area contributed by atoms with Crippen LogP contribution < -0.4 is 4.72 Å². The standard InChI is InChI=1S/C10H19NO4S/c1-4-5-6-16(14,15)11-9(10(12)13)7-8(2)3/h4,8-9,11H,1,5-7H2,2-3H3,(H,12,13)/t9-/m1/s1. The smallest absolute Gasteiger partial charge is 0.321 e. The third kappa shape index (κ3) is 6.58. The van der Waals surface area contributed by atoms with Gasteiger partial charge in [-0.2, -0.15) is 0 Å². The lowest BCUT2D eigenvalue weighted by molar-refractivity contribution is -0.139. The van der Waals surface area contributed by atoms with Gasteiger partial charge in [-0.1, -0.05) is 19.9 Å². The van der Waals surface area contributed by atoms with E-state index < -0.39 is 22.0 Å². The van der Waals surface area contributed by atoms with Crippen LogP contribution in [-0.2, 0) is 14.8 Å². The van der Waals surface area contributed by atoms with Crippen molar-refractivity contribution in [3.8, 4) is 0 Å². The van der Waals surface area contributed by atoms with Gasteiger partial charge in [0.1, 0.15) is 6.04 Å². The third-order valence-corrected chi connectivity index (χ3v) is 3.33. The van der Waals surface area contributed by atoms with Gasteiger partial charge >= 0.3 is 5.97 Å². The van der Waals surface area contributed by atoms with Crippen molar-refractivity contribution in [2.45, 2.75) is 32.7 Å². The molecule has 6 heteroatoms. The molecule has 0 aliphatic heterocycles. The molecule has 0 aliphatic rings. The van der Waals surface area contributed by atoms with Crippen LogP contribution in [0.2, 0.25) is 0 Å². The molecule has 1 atom stereocenters. The highest BCUT2D eigenvalue weighted by Gasteiger charge is 2.24. The van der Waals surface area contributed by atoms with E-state index in [9.17, 15) is 13.2 Å². The van der Waals surface area contributed by atoms with E-state index in [1.165, 1.54) is 6.08 Å². The monoisotopic (exact) mass is 249 g/mol. The summed E-state index contributed by atoms with van der Waals surface area (Å²) in [4.78, 5) is 10.8. The van der Waals surface area contributed by atoms with Gasteiger partial charge in [-0.3, -0.25) is 4.79 Å². The number of sulfonamides is 1. The van der Waals surface area contributed by atoms with Crippen LogP contribution in [0.25, 0.3) is 0 Å². The van der Waals surface area contributed by atoms with E-state index in [1.54, 1.807) is 0 Å². The molecule has 0 aromatic heterocycles. The van der Waals surface area contributed by atoms with Crippen molar-refractivity contribution in [1.29, 1.82) is 0 Å². The Hall–Kier alpha value is -0.880. The SMILES string of the molecule is C=CCCS(=O)(=O)N[C@H](CC(C)C)C(=O)O.